The van der Waals surface area contributed by atoms with Gasteiger partial charge in [-0.1, -0.05) is 23.7 Å². The zero-order chi connectivity index (χ0) is 11.5. The molecule has 0 bridgehead atoms. The molecule has 1 saturated heterocycles. The van der Waals surface area contributed by atoms with Crippen LogP contribution in [0.2, 0.25) is 5.02 Å². The van der Waals surface area contributed by atoms with Crippen LogP contribution in [0.3, 0.4) is 0 Å². The number of hydrogen-bond acceptors (Lipinski definition) is 2. The summed E-state index contributed by atoms with van der Waals surface area (Å²) in [5.41, 5.74) is 0.562. The largest absolute Gasteiger partial charge is 0.335 e. The van der Waals surface area contributed by atoms with Crippen LogP contribution in [0.25, 0.3) is 0 Å². The van der Waals surface area contributed by atoms with E-state index in [1.807, 2.05) is 0 Å². The molecule has 1 heterocycles. The summed E-state index contributed by atoms with van der Waals surface area (Å²) in [6, 6.07) is 6.81. The average molecular weight is 238 g/mol. The third kappa shape index (κ3) is 2.42. The van der Waals surface area contributed by atoms with Gasteiger partial charge in [-0.25, -0.2) is 0 Å². The van der Waals surface area contributed by atoms with E-state index in [1.165, 1.54) is 0 Å². The molecule has 1 amide bonds. The first-order valence-corrected chi connectivity index (χ1v) is 5.61. The molecule has 16 heavy (non-hydrogen) atoms. The van der Waals surface area contributed by atoms with E-state index in [1.54, 1.807) is 29.2 Å². The molecule has 0 aromatic heterocycles. The topological polar surface area (TPSA) is 37.4 Å². The number of rotatable bonds is 3. The van der Waals surface area contributed by atoms with Crippen molar-refractivity contribution in [2.45, 2.75) is 12.8 Å². The highest BCUT2D eigenvalue weighted by molar-refractivity contribution is 6.31. The number of Topliss-reactive ketones (excluding diaryl/α,β-unsaturated/α-hetero) is 1. The number of likely N-dealkylation sites (tertiary alicyclic amines) is 1. The Morgan fingerprint density at radius 2 is 2.25 bits per heavy atom. The number of halogens is 1. The van der Waals surface area contributed by atoms with Crippen LogP contribution in [-0.4, -0.2) is 29.7 Å². The van der Waals surface area contributed by atoms with Crippen LogP contribution in [0.15, 0.2) is 24.3 Å². The van der Waals surface area contributed by atoms with Crippen molar-refractivity contribution in [2.75, 3.05) is 13.1 Å². The Hall–Kier alpha value is -1.35. The predicted octanol–water partition coefficient (Wildman–Crippen LogP) is 2.15. The molecule has 1 aromatic carbocycles. The summed E-state index contributed by atoms with van der Waals surface area (Å²) in [4.78, 5) is 24.8. The maximum atomic E-state index is 11.8. The summed E-state index contributed by atoms with van der Waals surface area (Å²) in [7, 11) is 0. The minimum Gasteiger partial charge on any atom is -0.335 e. The van der Waals surface area contributed by atoms with Crippen molar-refractivity contribution < 1.29 is 9.59 Å². The minimum absolute atomic E-state index is 0.0576. The number of ketones is 1. The summed E-state index contributed by atoms with van der Waals surface area (Å²) in [5.74, 6) is 0.00753. The Morgan fingerprint density at radius 3 is 2.88 bits per heavy atom. The second-order valence-corrected chi connectivity index (χ2v) is 4.29. The highest BCUT2D eigenvalue weighted by Crippen LogP contribution is 2.14. The van der Waals surface area contributed by atoms with Gasteiger partial charge >= 0.3 is 0 Å². The fourth-order valence-corrected chi connectivity index (χ4v) is 1.99. The Kier molecular flexibility index (Phi) is 3.25. The van der Waals surface area contributed by atoms with Crippen molar-refractivity contribution in [2.24, 2.45) is 0 Å². The SMILES string of the molecule is O=C(CN1CCCC1=O)c1cccc(Cl)c1. The van der Waals surface area contributed by atoms with Crippen molar-refractivity contribution >= 4 is 23.3 Å². The molecule has 0 aliphatic carbocycles. The van der Waals surface area contributed by atoms with E-state index in [0.29, 0.717) is 23.6 Å². The molecule has 1 fully saturated rings. The normalized spacial score (nSPS) is 15.6. The van der Waals surface area contributed by atoms with Crippen LogP contribution in [0.4, 0.5) is 0 Å². The molecule has 0 radical (unpaired) electrons. The maximum Gasteiger partial charge on any atom is 0.223 e. The van der Waals surface area contributed by atoms with Gasteiger partial charge in [-0.15, -0.1) is 0 Å². The first kappa shape index (κ1) is 11.1. The summed E-state index contributed by atoms with van der Waals surface area (Å²) in [6.07, 6.45) is 1.41. The summed E-state index contributed by atoms with van der Waals surface area (Å²) in [5, 5.41) is 0.540. The number of nitrogens with zero attached hydrogens (tertiary/aromatic N) is 1. The van der Waals surface area contributed by atoms with Crippen molar-refractivity contribution in [1.82, 2.24) is 4.90 Å². The number of hydrogen-bond donors (Lipinski definition) is 0. The average Bonchev–Trinajstić information content (AvgIpc) is 2.64. The van der Waals surface area contributed by atoms with Crippen molar-refractivity contribution in [3.05, 3.63) is 34.9 Å². The molecule has 1 aliphatic rings. The molecular weight excluding hydrogens is 226 g/mol. The highest BCUT2D eigenvalue weighted by atomic mass is 35.5. The fourth-order valence-electron chi connectivity index (χ4n) is 1.80. The van der Waals surface area contributed by atoms with Gasteiger partial charge in [0.2, 0.25) is 5.91 Å². The number of benzene rings is 1. The van der Waals surface area contributed by atoms with Crippen molar-refractivity contribution in [3.63, 3.8) is 0 Å². The second kappa shape index (κ2) is 4.66. The maximum absolute atomic E-state index is 11.8. The van der Waals surface area contributed by atoms with Gasteiger partial charge in [-0.2, -0.15) is 0 Å². The molecule has 1 aromatic rings. The standard InChI is InChI=1S/C12H12ClNO2/c13-10-4-1-3-9(7-10)11(15)8-14-6-2-5-12(14)16/h1,3-4,7H,2,5-6,8H2. The Morgan fingerprint density at radius 1 is 1.44 bits per heavy atom. The van der Waals surface area contributed by atoms with E-state index in [0.717, 1.165) is 6.42 Å². The highest BCUT2D eigenvalue weighted by Gasteiger charge is 2.22. The quantitative estimate of drug-likeness (QED) is 0.756. The van der Waals surface area contributed by atoms with Gasteiger partial charge in [0, 0.05) is 23.6 Å². The summed E-state index contributed by atoms with van der Waals surface area (Å²) in [6.45, 7) is 0.852. The Balaban J connectivity index is 2.05. The lowest BCUT2D eigenvalue weighted by molar-refractivity contribution is -0.127. The van der Waals surface area contributed by atoms with Gasteiger partial charge in [0.25, 0.3) is 0 Å². The van der Waals surface area contributed by atoms with E-state index >= 15 is 0 Å². The van der Waals surface area contributed by atoms with Crippen LogP contribution >= 0.6 is 11.6 Å². The molecule has 4 heteroatoms. The van der Waals surface area contributed by atoms with Gasteiger partial charge in [0.1, 0.15) is 0 Å². The lowest BCUT2D eigenvalue weighted by Gasteiger charge is -2.14. The third-order valence-electron chi connectivity index (χ3n) is 2.65. The van der Waals surface area contributed by atoms with Crippen molar-refractivity contribution in [1.29, 1.82) is 0 Å². The van der Waals surface area contributed by atoms with E-state index in [4.69, 9.17) is 11.6 Å². The summed E-state index contributed by atoms with van der Waals surface area (Å²) >= 11 is 5.80. The van der Waals surface area contributed by atoms with E-state index in [-0.39, 0.29) is 18.2 Å². The number of carbonyl (C=O) groups is 2. The van der Waals surface area contributed by atoms with E-state index in [9.17, 15) is 9.59 Å². The Labute approximate surface area is 99.0 Å². The van der Waals surface area contributed by atoms with Crippen LogP contribution in [0.5, 0.6) is 0 Å². The molecule has 84 valence electrons. The number of carbonyl (C=O) groups excluding carboxylic acids is 2. The molecule has 0 saturated carbocycles. The minimum atomic E-state index is -0.0576. The van der Waals surface area contributed by atoms with Crippen LogP contribution in [0, 0.1) is 0 Å². The fraction of sp³-hybridized carbons (Fsp3) is 0.333. The van der Waals surface area contributed by atoms with Gasteiger partial charge in [0.15, 0.2) is 5.78 Å². The first-order chi connectivity index (χ1) is 7.66. The number of amides is 1. The molecular formula is C12H12ClNO2. The molecule has 0 spiro atoms. The summed E-state index contributed by atoms with van der Waals surface area (Å²) < 4.78 is 0. The van der Waals surface area contributed by atoms with Gasteiger partial charge in [-0.3, -0.25) is 9.59 Å². The molecule has 2 rings (SSSR count). The van der Waals surface area contributed by atoms with Crippen LogP contribution < -0.4 is 0 Å². The second-order valence-electron chi connectivity index (χ2n) is 3.85. The molecule has 0 unspecified atom stereocenters. The predicted molar refractivity (Wildman–Crippen MR) is 61.6 cm³/mol. The molecule has 3 nitrogen and oxygen atoms in total. The zero-order valence-electron chi connectivity index (χ0n) is 8.78. The lowest BCUT2D eigenvalue weighted by atomic mass is 10.1. The lowest BCUT2D eigenvalue weighted by Crippen LogP contribution is -2.30. The molecule has 0 atom stereocenters. The monoisotopic (exact) mass is 237 g/mol. The van der Waals surface area contributed by atoms with Gasteiger partial charge in [-0.05, 0) is 18.6 Å². The first-order valence-electron chi connectivity index (χ1n) is 5.23. The smallest absolute Gasteiger partial charge is 0.223 e. The Bertz CT molecular complexity index is 431. The van der Waals surface area contributed by atoms with Gasteiger partial charge < -0.3 is 4.90 Å². The third-order valence-corrected chi connectivity index (χ3v) is 2.89. The molecule has 1 aliphatic heterocycles. The van der Waals surface area contributed by atoms with Crippen LogP contribution in [0.1, 0.15) is 23.2 Å². The van der Waals surface area contributed by atoms with Crippen LogP contribution in [-0.2, 0) is 4.79 Å². The zero-order valence-corrected chi connectivity index (χ0v) is 9.54. The van der Waals surface area contributed by atoms with E-state index < -0.39 is 0 Å². The van der Waals surface area contributed by atoms with Crippen molar-refractivity contribution in [3.8, 4) is 0 Å². The molecule has 0 N–H and O–H groups in total. The van der Waals surface area contributed by atoms with Gasteiger partial charge in [0.05, 0.1) is 6.54 Å². The van der Waals surface area contributed by atoms with E-state index in [2.05, 4.69) is 0 Å².